The van der Waals surface area contributed by atoms with E-state index in [2.05, 4.69) is 72.4 Å². The Kier molecular flexibility index (Phi) is 25.8. The van der Waals surface area contributed by atoms with Crippen LogP contribution in [0.4, 0.5) is 0 Å². The van der Waals surface area contributed by atoms with Crippen LogP contribution in [0, 0.1) is 11.8 Å². The quantitative estimate of drug-likeness (QED) is 0.203. The molecule has 3 rings (SSSR count). The topological polar surface area (TPSA) is 126 Å². The molecule has 0 saturated carbocycles. The Hall–Kier alpha value is 2.83. The van der Waals surface area contributed by atoms with Crippen LogP contribution in [0.3, 0.4) is 0 Å². The second-order valence-corrected chi connectivity index (χ2v) is 17.6. The number of hydrogen-bond acceptors (Lipinski definition) is 12. The van der Waals surface area contributed by atoms with Gasteiger partial charge in [-0.3, -0.25) is 0 Å². The molecule has 315 valence electrons. The van der Waals surface area contributed by atoms with Crippen molar-refractivity contribution in [3.8, 4) is 0 Å². The van der Waals surface area contributed by atoms with Crippen molar-refractivity contribution in [2.45, 2.75) is 199 Å². The predicted octanol–water partition coefficient (Wildman–Crippen LogP) is 6.65. The Morgan fingerprint density at radius 3 is 1.15 bits per heavy atom. The monoisotopic (exact) mass is 1000 g/mol. The molecule has 3 heterocycles. The van der Waals surface area contributed by atoms with E-state index in [4.69, 9.17) is 28.7 Å². The molecule has 0 spiro atoms. The molecule has 3 aliphatic heterocycles. The van der Waals surface area contributed by atoms with Gasteiger partial charge in [-0.05, 0) is 81.1 Å². The summed E-state index contributed by atoms with van der Waals surface area (Å²) in [6.07, 6.45) is 5.77. The maximum Gasteiger partial charge on any atom is 0.171 e. The molecule has 3 N–H and O–H groups in total. The zero-order valence-corrected chi connectivity index (χ0v) is 46.7. The maximum atomic E-state index is 10.8. The second kappa shape index (κ2) is 22.8. The summed E-state index contributed by atoms with van der Waals surface area (Å²) in [5.74, 6) is -3.28. The first kappa shape index (κ1) is 61.1. The van der Waals surface area contributed by atoms with Crippen molar-refractivity contribution in [3.05, 3.63) is 0 Å². The zero-order chi connectivity index (χ0) is 40.3. The van der Waals surface area contributed by atoms with Crippen molar-refractivity contribution in [2.75, 3.05) is 42.7 Å². The van der Waals surface area contributed by atoms with E-state index in [1.807, 2.05) is 39.7 Å². The molecule has 54 heavy (non-hydrogen) atoms. The molecule has 0 aliphatic carbocycles. The van der Waals surface area contributed by atoms with Crippen LogP contribution < -0.4 is 0 Å². The minimum atomic E-state index is -1.09. The summed E-state index contributed by atoms with van der Waals surface area (Å²) in [5, 5.41) is 37.9. The number of piperidine rings is 3. The smallest absolute Gasteiger partial charge is 0.171 e. The molecule has 3 radical (unpaired) electrons. The zero-order valence-electron chi connectivity index (χ0n) is 38.2. The van der Waals surface area contributed by atoms with E-state index >= 15 is 0 Å². The summed E-state index contributed by atoms with van der Waals surface area (Å²) < 4.78 is 16.1. The number of aliphatic hydroxyl groups is 3. The van der Waals surface area contributed by atoms with Crippen LogP contribution in [-0.2, 0) is 127 Å². The van der Waals surface area contributed by atoms with Gasteiger partial charge in [0.25, 0.3) is 0 Å². The SMILES string of the molecule is CCC1(C)CC(O)(OC)C(C)C(C)(CC)N1OC.CCC1(CC)C(C)C(O)(OC)CC(C)(C)N1OC.CON1C(C)(C)CC(O)(OC)CC1(C)C.[Y].[Y].[Y]. The molecule has 0 aromatic heterocycles. The van der Waals surface area contributed by atoms with Gasteiger partial charge < -0.3 is 44.0 Å². The van der Waals surface area contributed by atoms with E-state index in [-0.39, 0.29) is 143 Å². The van der Waals surface area contributed by atoms with Crippen LogP contribution in [0.5, 0.6) is 0 Å². The number of ether oxygens (including phenoxy) is 3. The standard InChI is InChI=1S/2C14H29NO3.C11H23NO3.3Y/c1-8-12(4)10-14(16,17-6)11(3)13(5,9-2)15(12)18-7;1-8-13(9-2)11(3)14(16,17-6)10-12(4,5)15(13)18-7;1-9(2)7-11(13,14-5)8-10(3,4)12(9)15-6;;;/h2*11,16H,8-10H2,1-7H3;13H,7-8H2,1-6H3;;;. The van der Waals surface area contributed by atoms with Gasteiger partial charge in [0.1, 0.15) is 0 Å². The van der Waals surface area contributed by atoms with Gasteiger partial charge in [-0.2, -0.15) is 15.2 Å². The van der Waals surface area contributed by atoms with Gasteiger partial charge in [-0.15, -0.1) is 0 Å². The number of methoxy groups -OCH3 is 3. The van der Waals surface area contributed by atoms with Crippen LogP contribution in [-0.4, -0.2) is 124 Å². The molecule has 0 amide bonds. The van der Waals surface area contributed by atoms with E-state index < -0.39 is 17.4 Å². The molecule has 3 aliphatic rings. The van der Waals surface area contributed by atoms with E-state index in [0.717, 1.165) is 25.7 Å². The molecule has 6 atom stereocenters. The van der Waals surface area contributed by atoms with Gasteiger partial charge in [-0.25, -0.2) is 0 Å². The maximum absolute atomic E-state index is 10.8. The normalized spacial score (nSPS) is 35.4. The Labute approximate surface area is 406 Å². The third kappa shape index (κ3) is 12.3. The molecule has 15 heteroatoms. The fourth-order valence-electron chi connectivity index (χ4n) is 10.3. The fourth-order valence-corrected chi connectivity index (χ4v) is 10.3. The van der Waals surface area contributed by atoms with Crippen molar-refractivity contribution < 1.29 is 142 Å². The summed E-state index contributed by atoms with van der Waals surface area (Å²) in [6, 6.07) is 0. The van der Waals surface area contributed by atoms with Gasteiger partial charge in [0.05, 0.1) is 32.4 Å². The van der Waals surface area contributed by atoms with Crippen molar-refractivity contribution >= 4 is 0 Å². The van der Waals surface area contributed by atoms with Gasteiger partial charge in [0.15, 0.2) is 17.4 Å². The molecular weight excluding hydrogens is 921 g/mol. The summed E-state index contributed by atoms with van der Waals surface area (Å²) in [7, 11) is 9.82. The van der Waals surface area contributed by atoms with Crippen molar-refractivity contribution in [1.29, 1.82) is 0 Å². The molecule has 3 fully saturated rings. The minimum absolute atomic E-state index is 0. The molecule has 3 saturated heterocycles. The number of hydroxylamine groups is 6. The van der Waals surface area contributed by atoms with Crippen molar-refractivity contribution in [1.82, 2.24) is 15.2 Å². The number of nitrogens with zero attached hydrogens (tertiary/aromatic N) is 3. The van der Waals surface area contributed by atoms with E-state index in [1.54, 1.807) is 42.7 Å². The van der Waals surface area contributed by atoms with Crippen LogP contribution in [0.1, 0.15) is 148 Å². The third-order valence-electron chi connectivity index (χ3n) is 13.2. The summed E-state index contributed by atoms with van der Waals surface area (Å²) in [4.78, 5) is 16.8. The molecule has 0 aromatic rings. The molecule has 0 bridgehead atoms. The number of rotatable bonds is 10. The molecular formula is C39H81N3O9Y3. The summed E-state index contributed by atoms with van der Waals surface area (Å²) in [6.45, 7) is 29.2. The Morgan fingerprint density at radius 2 is 0.852 bits per heavy atom. The summed E-state index contributed by atoms with van der Waals surface area (Å²) in [5.41, 5.74) is -1.44. The Balaban J connectivity index is -0.000000706. The molecule has 0 aromatic carbocycles. The van der Waals surface area contributed by atoms with E-state index in [0.29, 0.717) is 25.7 Å². The third-order valence-corrected chi connectivity index (χ3v) is 13.2. The van der Waals surface area contributed by atoms with Gasteiger partial charge in [0.2, 0.25) is 0 Å². The first-order valence-corrected chi connectivity index (χ1v) is 19.0. The van der Waals surface area contributed by atoms with Crippen LogP contribution >= 0.6 is 0 Å². The predicted molar refractivity (Wildman–Crippen MR) is 202 cm³/mol. The molecule has 12 nitrogen and oxygen atoms in total. The Bertz CT molecular complexity index is 1080. The van der Waals surface area contributed by atoms with E-state index in [9.17, 15) is 15.3 Å². The second-order valence-electron chi connectivity index (χ2n) is 17.6. The van der Waals surface area contributed by atoms with Crippen LogP contribution in [0.2, 0.25) is 0 Å². The average molecular weight is 1000 g/mol. The summed E-state index contributed by atoms with van der Waals surface area (Å²) >= 11 is 0. The fraction of sp³-hybridized carbons (Fsp3) is 1.00. The van der Waals surface area contributed by atoms with Crippen molar-refractivity contribution in [2.24, 2.45) is 11.8 Å². The number of hydrogen-bond donors (Lipinski definition) is 3. The largest absolute Gasteiger partial charge is 0.365 e. The van der Waals surface area contributed by atoms with Gasteiger partial charge >= 0.3 is 0 Å². The van der Waals surface area contributed by atoms with Gasteiger partial charge in [-0.1, -0.05) is 41.5 Å². The first-order valence-electron chi connectivity index (χ1n) is 19.0. The minimum Gasteiger partial charge on any atom is -0.365 e. The van der Waals surface area contributed by atoms with Crippen LogP contribution in [0.15, 0.2) is 0 Å². The average Bonchev–Trinajstić information content (AvgIpc) is 3.04. The molecule has 6 unspecified atom stereocenters. The van der Waals surface area contributed by atoms with E-state index in [1.165, 1.54) is 0 Å². The van der Waals surface area contributed by atoms with Gasteiger partial charge in [0, 0.05) is 179 Å². The Morgan fingerprint density at radius 1 is 0.481 bits per heavy atom. The van der Waals surface area contributed by atoms with Crippen LogP contribution in [0.25, 0.3) is 0 Å². The van der Waals surface area contributed by atoms with Crippen molar-refractivity contribution in [3.63, 3.8) is 0 Å². The first-order chi connectivity index (χ1) is 23.1.